The topological polar surface area (TPSA) is 139 Å². The van der Waals surface area contributed by atoms with E-state index in [0.717, 1.165) is 16.8 Å². The molecule has 0 fully saturated rings. The van der Waals surface area contributed by atoms with Crippen molar-refractivity contribution in [1.29, 1.82) is 0 Å². The summed E-state index contributed by atoms with van der Waals surface area (Å²) in [5, 5.41) is 22.4. The smallest absolute Gasteiger partial charge is 0.335 e. The van der Waals surface area contributed by atoms with Crippen LogP contribution in [0.1, 0.15) is 20.7 Å². The van der Waals surface area contributed by atoms with Gasteiger partial charge in [0.15, 0.2) is 0 Å². The number of amides is 1. The molecule has 1 amide bonds. The number of carboxylic acid groups (broad SMARTS) is 1. The first-order valence-electron chi connectivity index (χ1n) is 8.23. The minimum absolute atomic E-state index is 0.0466. The molecule has 0 aliphatic rings. The number of fused-ring (bicyclic) bond motifs is 3. The molecule has 3 aromatic carbocycles. The Hall–Kier alpha value is -4.20. The van der Waals surface area contributed by atoms with Crippen molar-refractivity contribution in [2.75, 3.05) is 0 Å². The summed E-state index contributed by atoms with van der Waals surface area (Å²) in [5.74, 6) is -1.79. The monoisotopic (exact) mass is 375 g/mol. The number of hydrogen-bond acceptors (Lipinski definition) is 4. The molecule has 0 saturated heterocycles. The van der Waals surface area contributed by atoms with Gasteiger partial charge in [0.25, 0.3) is 5.69 Å². The Balaban J connectivity index is 2.02. The van der Waals surface area contributed by atoms with Gasteiger partial charge in [-0.15, -0.1) is 0 Å². The second-order valence-electron chi connectivity index (χ2n) is 6.27. The minimum atomic E-state index is -1.04. The van der Waals surface area contributed by atoms with E-state index in [4.69, 9.17) is 5.73 Å². The predicted octanol–water partition coefficient (Wildman–Crippen LogP) is 3.69. The highest BCUT2D eigenvalue weighted by molar-refractivity contribution is 6.13. The van der Waals surface area contributed by atoms with Gasteiger partial charge in [-0.2, -0.15) is 0 Å². The van der Waals surface area contributed by atoms with E-state index in [1.165, 1.54) is 24.3 Å². The quantitative estimate of drug-likeness (QED) is 0.369. The van der Waals surface area contributed by atoms with Crippen LogP contribution in [0.5, 0.6) is 0 Å². The molecule has 0 bridgehead atoms. The summed E-state index contributed by atoms with van der Waals surface area (Å²) in [6.45, 7) is 0. The number of nitrogens with one attached hydrogen (secondary N) is 1. The Morgan fingerprint density at radius 1 is 0.964 bits per heavy atom. The number of hydrogen-bond donors (Lipinski definition) is 3. The lowest BCUT2D eigenvalue weighted by Gasteiger charge is -2.06. The van der Waals surface area contributed by atoms with Crippen LogP contribution in [0.4, 0.5) is 5.69 Å². The standard InChI is InChI=1S/C20H13N3O5/c21-19(24)10-4-7-13(17(9-10)23(27)28)15-3-1-2-14-12-6-5-11(20(25)26)8-16(12)22-18(14)15/h1-9,22H,(H2,21,24)(H,25,26). The molecule has 0 aliphatic heterocycles. The highest BCUT2D eigenvalue weighted by atomic mass is 16.6. The van der Waals surface area contributed by atoms with E-state index in [1.807, 2.05) is 6.07 Å². The summed E-state index contributed by atoms with van der Waals surface area (Å²) in [5.41, 5.74) is 7.31. The van der Waals surface area contributed by atoms with Crippen LogP contribution < -0.4 is 5.73 Å². The number of carboxylic acids is 1. The van der Waals surface area contributed by atoms with Gasteiger partial charge in [0.1, 0.15) is 0 Å². The number of para-hydroxylation sites is 1. The fourth-order valence-electron chi connectivity index (χ4n) is 3.35. The second-order valence-corrected chi connectivity index (χ2v) is 6.27. The third-order valence-electron chi connectivity index (χ3n) is 4.65. The number of rotatable bonds is 4. The summed E-state index contributed by atoms with van der Waals surface area (Å²) in [4.78, 5) is 36.8. The van der Waals surface area contributed by atoms with Crippen molar-refractivity contribution >= 4 is 39.4 Å². The van der Waals surface area contributed by atoms with Gasteiger partial charge in [0.2, 0.25) is 5.91 Å². The molecule has 1 aromatic heterocycles. The van der Waals surface area contributed by atoms with E-state index in [2.05, 4.69) is 4.98 Å². The van der Waals surface area contributed by atoms with Crippen molar-refractivity contribution < 1.29 is 19.6 Å². The average molecular weight is 375 g/mol. The number of carbonyl (C=O) groups excluding carboxylic acids is 1. The van der Waals surface area contributed by atoms with Crippen LogP contribution in [-0.4, -0.2) is 26.9 Å². The molecule has 0 spiro atoms. The maximum Gasteiger partial charge on any atom is 0.335 e. The molecule has 8 heteroatoms. The zero-order valence-corrected chi connectivity index (χ0v) is 14.3. The van der Waals surface area contributed by atoms with E-state index >= 15 is 0 Å². The van der Waals surface area contributed by atoms with Gasteiger partial charge in [-0.05, 0) is 24.3 Å². The van der Waals surface area contributed by atoms with Crippen LogP contribution in [0.3, 0.4) is 0 Å². The van der Waals surface area contributed by atoms with Crippen LogP contribution in [0.2, 0.25) is 0 Å². The molecule has 4 aromatic rings. The van der Waals surface area contributed by atoms with Crippen molar-refractivity contribution in [2.24, 2.45) is 5.73 Å². The number of nitrogens with zero attached hydrogens (tertiary/aromatic N) is 1. The van der Waals surface area contributed by atoms with Crippen LogP contribution in [0, 0.1) is 10.1 Å². The number of aromatic carboxylic acids is 1. The van der Waals surface area contributed by atoms with Crippen molar-refractivity contribution in [3.8, 4) is 11.1 Å². The molecule has 0 atom stereocenters. The predicted molar refractivity (Wildman–Crippen MR) is 103 cm³/mol. The maximum absolute atomic E-state index is 11.6. The summed E-state index contributed by atoms with van der Waals surface area (Å²) >= 11 is 0. The zero-order valence-electron chi connectivity index (χ0n) is 14.3. The van der Waals surface area contributed by atoms with Gasteiger partial charge < -0.3 is 15.8 Å². The second kappa shape index (κ2) is 6.20. The van der Waals surface area contributed by atoms with E-state index in [9.17, 15) is 24.8 Å². The summed E-state index contributed by atoms with van der Waals surface area (Å²) in [7, 11) is 0. The molecule has 8 nitrogen and oxygen atoms in total. The van der Waals surface area contributed by atoms with Gasteiger partial charge in [-0.3, -0.25) is 14.9 Å². The number of aromatic nitrogens is 1. The number of carbonyl (C=O) groups is 2. The van der Waals surface area contributed by atoms with Crippen molar-refractivity contribution in [2.45, 2.75) is 0 Å². The van der Waals surface area contributed by atoms with Crippen molar-refractivity contribution in [3.05, 3.63) is 75.8 Å². The Morgan fingerprint density at radius 3 is 2.39 bits per heavy atom. The Morgan fingerprint density at radius 2 is 1.71 bits per heavy atom. The first kappa shape index (κ1) is 17.2. The molecular weight excluding hydrogens is 362 g/mol. The van der Waals surface area contributed by atoms with E-state index in [1.54, 1.807) is 18.2 Å². The summed E-state index contributed by atoms with van der Waals surface area (Å²) in [6.07, 6.45) is 0. The van der Waals surface area contributed by atoms with Gasteiger partial charge >= 0.3 is 5.97 Å². The fraction of sp³-hybridized carbons (Fsp3) is 0. The van der Waals surface area contributed by atoms with E-state index < -0.39 is 16.8 Å². The van der Waals surface area contributed by atoms with Crippen molar-refractivity contribution in [3.63, 3.8) is 0 Å². The molecular formula is C20H13N3O5. The Kier molecular flexibility index (Phi) is 3.82. The first-order chi connectivity index (χ1) is 13.4. The van der Waals surface area contributed by atoms with Crippen LogP contribution in [0.25, 0.3) is 32.9 Å². The number of benzene rings is 3. The lowest BCUT2D eigenvalue weighted by atomic mass is 9.98. The van der Waals surface area contributed by atoms with Crippen molar-refractivity contribution in [1.82, 2.24) is 4.98 Å². The van der Waals surface area contributed by atoms with E-state index in [-0.39, 0.29) is 16.8 Å². The highest BCUT2D eigenvalue weighted by Crippen LogP contribution is 2.37. The zero-order chi connectivity index (χ0) is 20.0. The normalized spacial score (nSPS) is 11.0. The number of nitro groups is 1. The molecule has 0 unspecified atom stereocenters. The molecule has 0 saturated carbocycles. The lowest BCUT2D eigenvalue weighted by Crippen LogP contribution is -2.11. The number of primary amides is 1. The largest absolute Gasteiger partial charge is 0.478 e. The summed E-state index contributed by atoms with van der Waals surface area (Å²) < 4.78 is 0. The fourth-order valence-corrected chi connectivity index (χ4v) is 3.35. The van der Waals surface area contributed by atoms with E-state index in [0.29, 0.717) is 22.2 Å². The van der Waals surface area contributed by atoms with Crippen LogP contribution in [-0.2, 0) is 0 Å². The number of aromatic amines is 1. The summed E-state index contributed by atoms with van der Waals surface area (Å²) in [6, 6.07) is 14.1. The molecule has 28 heavy (non-hydrogen) atoms. The van der Waals surface area contributed by atoms with Gasteiger partial charge in [-0.25, -0.2) is 4.79 Å². The maximum atomic E-state index is 11.6. The highest BCUT2D eigenvalue weighted by Gasteiger charge is 2.20. The number of nitro benzene ring substituents is 1. The molecule has 1 heterocycles. The first-order valence-corrected chi connectivity index (χ1v) is 8.23. The van der Waals surface area contributed by atoms with Gasteiger partial charge in [0, 0.05) is 33.5 Å². The molecule has 0 radical (unpaired) electrons. The van der Waals surface area contributed by atoms with Gasteiger partial charge in [-0.1, -0.05) is 24.3 Å². The third-order valence-corrected chi connectivity index (χ3v) is 4.65. The minimum Gasteiger partial charge on any atom is -0.478 e. The SMILES string of the molecule is NC(=O)c1ccc(-c2cccc3c2[nH]c2cc(C(=O)O)ccc23)c([N+](=O)[O-])c1. The third kappa shape index (κ3) is 2.64. The lowest BCUT2D eigenvalue weighted by molar-refractivity contribution is -0.384. The average Bonchev–Trinajstić information content (AvgIpc) is 3.05. The molecule has 4 rings (SSSR count). The van der Waals surface area contributed by atoms with Gasteiger partial charge in [0.05, 0.1) is 21.6 Å². The Labute approximate surface area is 157 Å². The Bertz CT molecular complexity index is 1310. The van der Waals surface area contributed by atoms with Crippen LogP contribution >= 0.6 is 0 Å². The molecule has 138 valence electrons. The number of H-pyrrole nitrogens is 1. The molecule has 0 aliphatic carbocycles. The number of nitrogens with two attached hydrogens (primary N) is 1. The van der Waals surface area contributed by atoms with Crippen LogP contribution in [0.15, 0.2) is 54.6 Å². The molecule has 4 N–H and O–H groups in total.